The third-order valence-corrected chi connectivity index (χ3v) is 3.00. The summed E-state index contributed by atoms with van der Waals surface area (Å²) in [6.07, 6.45) is 0.835. The molecule has 0 aliphatic carbocycles. The minimum atomic E-state index is 0.603. The first-order valence-electron chi connectivity index (χ1n) is 5.12. The van der Waals surface area contributed by atoms with Gasteiger partial charge in [-0.05, 0) is 47.9 Å². The van der Waals surface area contributed by atoms with Crippen LogP contribution in [0.5, 0.6) is 0 Å². The molecule has 0 aliphatic rings. The van der Waals surface area contributed by atoms with E-state index in [2.05, 4.69) is 0 Å². The van der Waals surface area contributed by atoms with Crippen molar-refractivity contribution >= 4 is 29.5 Å². The molecule has 0 aliphatic heterocycles. The van der Waals surface area contributed by atoms with Crippen LogP contribution in [0.1, 0.15) is 15.9 Å². The van der Waals surface area contributed by atoms with Gasteiger partial charge in [-0.15, -0.1) is 0 Å². The van der Waals surface area contributed by atoms with Gasteiger partial charge in [0.15, 0.2) is 0 Å². The van der Waals surface area contributed by atoms with Gasteiger partial charge in [0, 0.05) is 15.6 Å². The Bertz CT molecular complexity index is 556. The number of hydrogen-bond acceptors (Lipinski definition) is 1. The van der Waals surface area contributed by atoms with Gasteiger partial charge in [0.2, 0.25) is 0 Å². The second-order valence-electron chi connectivity index (χ2n) is 3.85. The van der Waals surface area contributed by atoms with Crippen molar-refractivity contribution in [2.75, 3.05) is 0 Å². The van der Waals surface area contributed by atoms with Crippen LogP contribution >= 0.6 is 23.2 Å². The lowest BCUT2D eigenvalue weighted by Gasteiger charge is -2.07. The van der Waals surface area contributed by atoms with E-state index in [1.807, 2.05) is 31.2 Å². The first-order chi connectivity index (χ1) is 8.10. The molecule has 0 saturated heterocycles. The molecule has 0 unspecified atom stereocenters. The molecule has 0 spiro atoms. The summed E-state index contributed by atoms with van der Waals surface area (Å²) in [4.78, 5) is 10.7. The number of benzene rings is 2. The number of halogens is 2. The molecule has 86 valence electrons. The Balaban J connectivity index is 2.56. The summed E-state index contributed by atoms with van der Waals surface area (Å²) in [5.74, 6) is 0. The van der Waals surface area contributed by atoms with Crippen LogP contribution < -0.4 is 0 Å². The Hall–Kier alpha value is -1.31. The molecule has 2 aromatic rings. The van der Waals surface area contributed by atoms with Gasteiger partial charge in [0.05, 0.1) is 0 Å². The summed E-state index contributed by atoms with van der Waals surface area (Å²) in [6.45, 7) is 1.96. The maximum Gasteiger partial charge on any atom is 0.150 e. The van der Waals surface area contributed by atoms with Gasteiger partial charge in [-0.3, -0.25) is 4.79 Å². The van der Waals surface area contributed by atoms with Crippen LogP contribution in [-0.4, -0.2) is 6.29 Å². The van der Waals surface area contributed by atoms with Crippen molar-refractivity contribution in [2.24, 2.45) is 0 Å². The molecular formula is C14H10Cl2O. The summed E-state index contributed by atoms with van der Waals surface area (Å²) in [7, 11) is 0. The molecule has 0 radical (unpaired) electrons. The zero-order chi connectivity index (χ0) is 12.4. The molecule has 0 atom stereocenters. The minimum absolute atomic E-state index is 0.603. The molecule has 2 rings (SSSR count). The summed E-state index contributed by atoms with van der Waals surface area (Å²) >= 11 is 11.9. The molecule has 1 nitrogen and oxygen atoms in total. The smallest absolute Gasteiger partial charge is 0.150 e. The number of carbonyl (C=O) groups excluding carboxylic acids is 1. The fraction of sp³-hybridized carbons (Fsp3) is 0.0714. The van der Waals surface area contributed by atoms with Gasteiger partial charge in [-0.25, -0.2) is 0 Å². The van der Waals surface area contributed by atoms with Crippen molar-refractivity contribution in [3.63, 3.8) is 0 Å². The van der Waals surface area contributed by atoms with Crippen LogP contribution in [0.2, 0.25) is 10.0 Å². The Labute approximate surface area is 110 Å². The third-order valence-electron chi connectivity index (χ3n) is 2.56. The molecule has 0 saturated carbocycles. The predicted octanol–water partition coefficient (Wildman–Crippen LogP) is 4.78. The average Bonchev–Trinajstić information content (AvgIpc) is 2.27. The molecule has 3 heteroatoms. The summed E-state index contributed by atoms with van der Waals surface area (Å²) in [5.41, 5.74) is 3.67. The summed E-state index contributed by atoms with van der Waals surface area (Å²) in [6, 6.07) is 10.9. The maximum atomic E-state index is 10.7. The fourth-order valence-electron chi connectivity index (χ4n) is 1.79. The molecule has 0 heterocycles. The van der Waals surface area contributed by atoms with Crippen LogP contribution in [0.15, 0.2) is 36.4 Å². The monoisotopic (exact) mass is 264 g/mol. The Morgan fingerprint density at radius 2 is 1.65 bits per heavy atom. The van der Waals surface area contributed by atoms with Crippen molar-refractivity contribution in [1.29, 1.82) is 0 Å². The van der Waals surface area contributed by atoms with E-state index in [-0.39, 0.29) is 0 Å². The van der Waals surface area contributed by atoms with Gasteiger partial charge < -0.3 is 0 Å². The second kappa shape index (κ2) is 4.91. The van der Waals surface area contributed by atoms with E-state index >= 15 is 0 Å². The van der Waals surface area contributed by atoms with Crippen LogP contribution in [0, 0.1) is 6.92 Å². The molecule has 2 aromatic carbocycles. The molecule has 17 heavy (non-hydrogen) atoms. The van der Waals surface area contributed by atoms with E-state index in [0.717, 1.165) is 23.0 Å². The van der Waals surface area contributed by atoms with Crippen LogP contribution in [0.4, 0.5) is 0 Å². The first-order valence-corrected chi connectivity index (χ1v) is 5.88. The van der Waals surface area contributed by atoms with Crippen molar-refractivity contribution in [3.05, 3.63) is 57.6 Å². The molecule has 0 amide bonds. The van der Waals surface area contributed by atoms with Gasteiger partial charge in [-0.2, -0.15) is 0 Å². The standard InChI is InChI=1S/C14H10Cl2O/c1-9-4-10(8-17)2-3-14(9)11-5-12(15)7-13(16)6-11/h2-8H,1H3. The summed E-state index contributed by atoms with van der Waals surface area (Å²) < 4.78 is 0. The van der Waals surface area contributed by atoms with Crippen molar-refractivity contribution in [2.45, 2.75) is 6.92 Å². The van der Waals surface area contributed by atoms with Gasteiger partial charge in [-0.1, -0.05) is 35.3 Å². The lowest BCUT2D eigenvalue weighted by molar-refractivity contribution is 0.112. The topological polar surface area (TPSA) is 17.1 Å². The SMILES string of the molecule is Cc1cc(C=O)ccc1-c1cc(Cl)cc(Cl)c1. The Kier molecular flexibility index (Phi) is 3.51. The zero-order valence-electron chi connectivity index (χ0n) is 9.21. The highest BCUT2D eigenvalue weighted by molar-refractivity contribution is 6.35. The molecule has 0 fully saturated rings. The average molecular weight is 265 g/mol. The largest absolute Gasteiger partial charge is 0.298 e. The van der Waals surface area contributed by atoms with Gasteiger partial charge in [0.25, 0.3) is 0 Å². The quantitative estimate of drug-likeness (QED) is 0.714. The summed E-state index contributed by atoms with van der Waals surface area (Å²) in [5, 5.41) is 1.21. The van der Waals surface area contributed by atoms with Gasteiger partial charge in [0.1, 0.15) is 6.29 Å². The zero-order valence-corrected chi connectivity index (χ0v) is 10.7. The maximum absolute atomic E-state index is 10.7. The van der Waals surface area contributed by atoms with Crippen LogP contribution in [0.25, 0.3) is 11.1 Å². The van der Waals surface area contributed by atoms with Crippen molar-refractivity contribution < 1.29 is 4.79 Å². The number of aldehydes is 1. The van der Waals surface area contributed by atoms with Crippen molar-refractivity contribution in [3.8, 4) is 11.1 Å². The molecular weight excluding hydrogens is 255 g/mol. The third kappa shape index (κ3) is 2.68. The highest BCUT2D eigenvalue weighted by Crippen LogP contribution is 2.29. The van der Waals surface area contributed by atoms with E-state index in [9.17, 15) is 4.79 Å². The van der Waals surface area contributed by atoms with Gasteiger partial charge >= 0.3 is 0 Å². The van der Waals surface area contributed by atoms with E-state index in [1.54, 1.807) is 12.1 Å². The lowest BCUT2D eigenvalue weighted by Crippen LogP contribution is -1.87. The first kappa shape index (κ1) is 12.2. The second-order valence-corrected chi connectivity index (χ2v) is 4.72. The van der Waals surface area contributed by atoms with E-state index in [0.29, 0.717) is 15.6 Å². The number of carbonyl (C=O) groups is 1. The molecule has 0 bridgehead atoms. The van der Waals surface area contributed by atoms with E-state index < -0.39 is 0 Å². The normalized spacial score (nSPS) is 10.3. The highest BCUT2D eigenvalue weighted by Gasteiger charge is 2.05. The van der Waals surface area contributed by atoms with E-state index in [4.69, 9.17) is 23.2 Å². The molecule has 0 N–H and O–H groups in total. The number of hydrogen-bond donors (Lipinski definition) is 0. The predicted molar refractivity (Wildman–Crippen MR) is 72.0 cm³/mol. The minimum Gasteiger partial charge on any atom is -0.298 e. The van der Waals surface area contributed by atoms with E-state index in [1.165, 1.54) is 0 Å². The fourth-order valence-corrected chi connectivity index (χ4v) is 2.32. The van der Waals surface area contributed by atoms with Crippen LogP contribution in [-0.2, 0) is 0 Å². The highest BCUT2D eigenvalue weighted by atomic mass is 35.5. The Morgan fingerprint density at radius 3 is 2.18 bits per heavy atom. The number of rotatable bonds is 2. The number of aryl methyl sites for hydroxylation is 1. The van der Waals surface area contributed by atoms with Crippen LogP contribution in [0.3, 0.4) is 0 Å². The Morgan fingerprint density at radius 1 is 1.00 bits per heavy atom. The lowest BCUT2D eigenvalue weighted by atomic mass is 9.99. The van der Waals surface area contributed by atoms with Crippen molar-refractivity contribution in [1.82, 2.24) is 0 Å². The molecule has 0 aromatic heterocycles.